The van der Waals surface area contributed by atoms with Crippen LogP contribution in [-0.2, 0) is 21.4 Å². The molecule has 1 amide bonds. The normalized spacial score (nSPS) is 15.4. The van der Waals surface area contributed by atoms with Crippen LogP contribution in [0.2, 0.25) is 0 Å². The Bertz CT molecular complexity index is 833. The third-order valence-corrected chi connectivity index (χ3v) is 7.84. The number of hydrogen-bond acceptors (Lipinski definition) is 5. The molecule has 9 heteroatoms. The third kappa shape index (κ3) is 4.72. The first-order valence-corrected chi connectivity index (χ1v) is 11.3. The summed E-state index contributed by atoms with van der Waals surface area (Å²) < 4.78 is 28.5. The zero-order valence-electron chi connectivity index (χ0n) is 14.1. The minimum absolute atomic E-state index is 0.156. The Morgan fingerprint density at radius 1 is 1.19 bits per heavy atom. The van der Waals surface area contributed by atoms with Gasteiger partial charge in [0.2, 0.25) is 5.91 Å². The molecule has 1 aliphatic heterocycles. The van der Waals surface area contributed by atoms with Crippen molar-refractivity contribution in [2.45, 2.75) is 10.8 Å². The van der Waals surface area contributed by atoms with Crippen molar-refractivity contribution >= 4 is 43.2 Å². The molecule has 1 aliphatic rings. The van der Waals surface area contributed by atoms with Gasteiger partial charge in [0.25, 0.3) is 10.0 Å². The Kier molecular flexibility index (Phi) is 6.46. The molecule has 2 heterocycles. The maximum Gasteiger partial charge on any atom is 0.253 e. The Labute approximate surface area is 166 Å². The third-order valence-electron chi connectivity index (χ3n) is 4.14. The quantitative estimate of drug-likeness (QED) is 0.720. The maximum absolute atomic E-state index is 13.0. The summed E-state index contributed by atoms with van der Waals surface area (Å²) in [4.78, 5) is 14.4. The highest BCUT2D eigenvalue weighted by molar-refractivity contribution is 9.10. The monoisotopic (exact) mass is 457 g/mol. The van der Waals surface area contributed by atoms with E-state index < -0.39 is 10.0 Å². The van der Waals surface area contributed by atoms with Crippen molar-refractivity contribution in [2.24, 2.45) is 0 Å². The SMILES string of the molecule is O=C(CN(Cc1ccc(Br)cc1)S(=O)(=O)c1cccs1)N1CCNCC1. The number of nitrogens with one attached hydrogen (secondary N) is 1. The molecule has 26 heavy (non-hydrogen) atoms. The molecular formula is C17H20BrN3O3S2. The molecule has 0 spiro atoms. The summed E-state index contributed by atoms with van der Waals surface area (Å²) >= 11 is 4.54. The number of rotatable bonds is 6. The van der Waals surface area contributed by atoms with Crippen molar-refractivity contribution in [3.63, 3.8) is 0 Å². The number of carbonyl (C=O) groups excluding carboxylic acids is 1. The number of piperazine rings is 1. The maximum atomic E-state index is 13.0. The van der Waals surface area contributed by atoms with Crippen molar-refractivity contribution in [3.05, 3.63) is 51.8 Å². The number of benzene rings is 1. The van der Waals surface area contributed by atoms with E-state index in [2.05, 4.69) is 21.2 Å². The second-order valence-electron chi connectivity index (χ2n) is 5.96. The molecule has 1 saturated heterocycles. The van der Waals surface area contributed by atoms with E-state index in [-0.39, 0.29) is 23.2 Å². The lowest BCUT2D eigenvalue weighted by Crippen LogP contribution is -2.50. The number of sulfonamides is 1. The van der Waals surface area contributed by atoms with Crippen LogP contribution in [-0.4, -0.2) is 56.3 Å². The van der Waals surface area contributed by atoms with Crippen molar-refractivity contribution in [1.82, 2.24) is 14.5 Å². The Morgan fingerprint density at radius 3 is 2.50 bits per heavy atom. The molecule has 1 aromatic carbocycles. The van der Waals surface area contributed by atoms with Crippen LogP contribution in [0.3, 0.4) is 0 Å². The van der Waals surface area contributed by atoms with Gasteiger partial charge in [-0.1, -0.05) is 34.1 Å². The summed E-state index contributed by atoms with van der Waals surface area (Å²) in [7, 11) is -3.72. The van der Waals surface area contributed by atoms with Crippen LogP contribution in [0.15, 0.2) is 50.5 Å². The molecule has 0 unspecified atom stereocenters. The van der Waals surface area contributed by atoms with Gasteiger partial charge in [-0.3, -0.25) is 4.79 Å². The minimum Gasteiger partial charge on any atom is -0.339 e. The average molecular weight is 458 g/mol. The molecule has 0 radical (unpaired) electrons. The van der Waals surface area contributed by atoms with Crippen LogP contribution in [0.1, 0.15) is 5.56 Å². The molecule has 3 rings (SSSR count). The summed E-state index contributed by atoms with van der Waals surface area (Å²) in [5.41, 5.74) is 0.835. The Balaban J connectivity index is 1.83. The fourth-order valence-electron chi connectivity index (χ4n) is 2.72. The van der Waals surface area contributed by atoms with E-state index in [1.54, 1.807) is 22.4 Å². The van der Waals surface area contributed by atoms with E-state index >= 15 is 0 Å². The molecule has 6 nitrogen and oxygen atoms in total. The lowest BCUT2D eigenvalue weighted by Gasteiger charge is -2.30. The van der Waals surface area contributed by atoms with Crippen molar-refractivity contribution in [1.29, 1.82) is 0 Å². The van der Waals surface area contributed by atoms with Gasteiger partial charge in [0.15, 0.2) is 0 Å². The van der Waals surface area contributed by atoms with E-state index in [1.807, 2.05) is 24.3 Å². The minimum atomic E-state index is -3.72. The Hall–Kier alpha value is -1.26. The van der Waals surface area contributed by atoms with Gasteiger partial charge in [0, 0.05) is 37.2 Å². The largest absolute Gasteiger partial charge is 0.339 e. The van der Waals surface area contributed by atoms with Gasteiger partial charge in [0.1, 0.15) is 4.21 Å². The average Bonchev–Trinajstić information content (AvgIpc) is 3.19. The first kappa shape index (κ1) is 19.5. The number of nitrogens with zero attached hydrogens (tertiary/aromatic N) is 2. The predicted molar refractivity (Wildman–Crippen MR) is 106 cm³/mol. The standard InChI is InChI=1S/C17H20BrN3O3S2/c18-15-5-3-14(4-6-15)12-21(26(23,24)17-2-1-11-25-17)13-16(22)20-9-7-19-8-10-20/h1-6,11,19H,7-10,12-13H2. The second-order valence-corrected chi connectivity index (χ2v) is 9.99. The van der Waals surface area contributed by atoms with Crippen molar-refractivity contribution < 1.29 is 13.2 Å². The summed E-state index contributed by atoms with van der Waals surface area (Å²) in [5.74, 6) is -0.163. The first-order chi connectivity index (χ1) is 12.5. The van der Waals surface area contributed by atoms with Gasteiger partial charge in [-0.25, -0.2) is 8.42 Å². The highest BCUT2D eigenvalue weighted by atomic mass is 79.9. The van der Waals surface area contributed by atoms with Gasteiger partial charge in [-0.05, 0) is 29.1 Å². The van der Waals surface area contributed by atoms with Crippen LogP contribution in [0.4, 0.5) is 0 Å². The summed E-state index contributed by atoms with van der Waals surface area (Å²) in [6.45, 7) is 2.67. The molecule has 0 aliphatic carbocycles. The number of amides is 1. The highest BCUT2D eigenvalue weighted by Crippen LogP contribution is 2.23. The van der Waals surface area contributed by atoms with E-state index in [9.17, 15) is 13.2 Å². The van der Waals surface area contributed by atoms with Gasteiger partial charge < -0.3 is 10.2 Å². The highest BCUT2D eigenvalue weighted by Gasteiger charge is 2.29. The van der Waals surface area contributed by atoms with Crippen molar-refractivity contribution in [3.8, 4) is 0 Å². The molecule has 0 saturated carbocycles. The van der Waals surface area contributed by atoms with Gasteiger partial charge in [-0.15, -0.1) is 11.3 Å². The number of thiophene rings is 1. The molecule has 1 N–H and O–H groups in total. The predicted octanol–water partition coefficient (Wildman–Crippen LogP) is 2.13. The first-order valence-electron chi connectivity index (χ1n) is 8.23. The molecular weight excluding hydrogens is 438 g/mol. The second kappa shape index (κ2) is 8.62. The molecule has 140 valence electrons. The summed E-state index contributed by atoms with van der Waals surface area (Å²) in [5, 5.41) is 4.92. The number of carbonyl (C=O) groups is 1. The zero-order chi connectivity index (χ0) is 18.6. The van der Waals surface area contributed by atoms with Crippen LogP contribution in [0.5, 0.6) is 0 Å². The molecule has 0 atom stereocenters. The van der Waals surface area contributed by atoms with Gasteiger partial charge >= 0.3 is 0 Å². The molecule has 1 aromatic heterocycles. The number of halogens is 1. The summed E-state index contributed by atoms with van der Waals surface area (Å²) in [6, 6.07) is 10.7. The van der Waals surface area contributed by atoms with E-state index in [0.717, 1.165) is 34.5 Å². The van der Waals surface area contributed by atoms with Gasteiger partial charge in [0.05, 0.1) is 6.54 Å². The number of hydrogen-bond donors (Lipinski definition) is 1. The smallest absolute Gasteiger partial charge is 0.253 e. The van der Waals surface area contributed by atoms with Crippen LogP contribution < -0.4 is 5.32 Å². The molecule has 2 aromatic rings. The Morgan fingerprint density at radius 2 is 1.88 bits per heavy atom. The van der Waals surface area contributed by atoms with Crippen LogP contribution >= 0.6 is 27.3 Å². The zero-order valence-corrected chi connectivity index (χ0v) is 17.3. The van der Waals surface area contributed by atoms with E-state index in [1.165, 1.54) is 4.31 Å². The van der Waals surface area contributed by atoms with Crippen molar-refractivity contribution in [2.75, 3.05) is 32.7 Å². The molecule has 0 bridgehead atoms. The van der Waals surface area contributed by atoms with Crippen LogP contribution in [0, 0.1) is 0 Å². The van der Waals surface area contributed by atoms with E-state index in [4.69, 9.17) is 0 Å². The molecule has 1 fully saturated rings. The topological polar surface area (TPSA) is 69.7 Å². The van der Waals surface area contributed by atoms with Crippen LogP contribution in [0.25, 0.3) is 0 Å². The van der Waals surface area contributed by atoms with Gasteiger partial charge in [-0.2, -0.15) is 4.31 Å². The fraction of sp³-hybridized carbons (Fsp3) is 0.353. The van der Waals surface area contributed by atoms with E-state index in [0.29, 0.717) is 13.1 Å². The summed E-state index contributed by atoms with van der Waals surface area (Å²) in [6.07, 6.45) is 0. The fourth-order valence-corrected chi connectivity index (χ4v) is 5.51. The lowest BCUT2D eigenvalue weighted by atomic mass is 10.2. The lowest BCUT2D eigenvalue weighted by molar-refractivity contribution is -0.132.